The third-order valence-corrected chi connectivity index (χ3v) is 4.44. The standard InChI is InChI=1S/C20H16N10O2/c31-20(15-6-7-16(25-24-15)29-13-21-12-23-29)22-10-11-32-18-9-8-17-26-27-19(30(17)28-18)14-4-2-1-3-5-14/h1-9,12-13H,10-11H2,(H,22,31). The number of aromatic nitrogens is 9. The first-order chi connectivity index (χ1) is 15.8. The fourth-order valence-corrected chi connectivity index (χ4v) is 2.92. The number of nitrogens with zero attached hydrogens (tertiary/aromatic N) is 9. The summed E-state index contributed by atoms with van der Waals surface area (Å²) in [4.78, 5) is 16.1. The minimum Gasteiger partial charge on any atom is -0.475 e. The molecule has 0 aliphatic heterocycles. The van der Waals surface area contributed by atoms with Gasteiger partial charge in [0, 0.05) is 11.6 Å². The summed E-state index contributed by atoms with van der Waals surface area (Å²) in [6.07, 6.45) is 2.88. The second-order valence-corrected chi connectivity index (χ2v) is 6.55. The molecule has 0 spiro atoms. The Bertz CT molecular complexity index is 1330. The van der Waals surface area contributed by atoms with Crippen LogP contribution in [0.15, 0.2) is 67.3 Å². The lowest BCUT2D eigenvalue weighted by Crippen LogP contribution is -2.29. The highest BCUT2D eigenvalue weighted by Gasteiger charge is 2.11. The molecule has 4 heterocycles. The van der Waals surface area contributed by atoms with Crippen LogP contribution in [0.1, 0.15) is 10.5 Å². The average Bonchev–Trinajstić information content (AvgIpc) is 3.52. The van der Waals surface area contributed by atoms with Crippen LogP contribution in [0, 0.1) is 0 Å². The number of rotatable bonds is 7. The van der Waals surface area contributed by atoms with E-state index in [1.54, 1.807) is 28.8 Å². The van der Waals surface area contributed by atoms with E-state index in [9.17, 15) is 4.79 Å². The molecule has 4 aromatic heterocycles. The number of fused-ring (bicyclic) bond motifs is 1. The van der Waals surface area contributed by atoms with Crippen molar-refractivity contribution in [1.29, 1.82) is 0 Å². The summed E-state index contributed by atoms with van der Waals surface area (Å²) in [6.45, 7) is 0.482. The Balaban J connectivity index is 1.18. The van der Waals surface area contributed by atoms with Gasteiger partial charge in [-0.25, -0.2) is 9.67 Å². The van der Waals surface area contributed by atoms with Gasteiger partial charge in [-0.1, -0.05) is 30.3 Å². The van der Waals surface area contributed by atoms with Gasteiger partial charge in [-0.15, -0.1) is 25.5 Å². The van der Waals surface area contributed by atoms with Gasteiger partial charge in [0.25, 0.3) is 5.91 Å². The zero-order chi connectivity index (χ0) is 21.8. The van der Waals surface area contributed by atoms with Gasteiger partial charge < -0.3 is 10.1 Å². The summed E-state index contributed by atoms with van der Waals surface area (Å²) < 4.78 is 8.74. The van der Waals surface area contributed by atoms with Crippen LogP contribution in [0.5, 0.6) is 5.88 Å². The maximum absolute atomic E-state index is 12.3. The normalized spacial score (nSPS) is 10.9. The maximum Gasteiger partial charge on any atom is 0.271 e. The molecular weight excluding hydrogens is 412 g/mol. The molecule has 12 nitrogen and oxygen atoms in total. The van der Waals surface area contributed by atoms with Crippen molar-refractivity contribution in [2.45, 2.75) is 0 Å². The summed E-state index contributed by atoms with van der Waals surface area (Å²) in [5, 5.41) is 27.3. The average molecular weight is 428 g/mol. The van der Waals surface area contributed by atoms with Gasteiger partial charge >= 0.3 is 0 Å². The topological polar surface area (TPSA) is 138 Å². The van der Waals surface area contributed by atoms with E-state index in [0.29, 0.717) is 23.2 Å². The Morgan fingerprint density at radius 2 is 1.88 bits per heavy atom. The van der Waals surface area contributed by atoms with Gasteiger partial charge in [-0.2, -0.15) is 9.61 Å². The van der Waals surface area contributed by atoms with Crippen molar-refractivity contribution in [3.8, 4) is 23.1 Å². The van der Waals surface area contributed by atoms with Crippen LogP contribution in [0.3, 0.4) is 0 Å². The van der Waals surface area contributed by atoms with E-state index in [0.717, 1.165) is 5.56 Å². The molecule has 5 rings (SSSR count). The quantitative estimate of drug-likeness (QED) is 0.376. The molecule has 0 bridgehead atoms. The minimum absolute atomic E-state index is 0.186. The SMILES string of the molecule is O=C(NCCOc1ccc2nnc(-c3ccccc3)n2n1)c1ccc(-n2cncn2)nn1. The fourth-order valence-electron chi connectivity index (χ4n) is 2.92. The van der Waals surface area contributed by atoms with Crippen LogP contribution in [-0.2, 0) is 0 Å². The molecule has 1 N–H and O–H groups in total. The first-order valence-electron chi connectivity index (χ1n) is 9.65. The maximum atomic E-state index is 12.3. The molecule has 0 atom stereocenters. The number of nitrogens with one attached hydrogen (secondary N) is 1. The molecular formula is C20H16N10O2. The lowest BCUT2D eigenvalue weighted by Gasteiger charge is -2.07. The zero-order valence-corrected chi connectivity index (χ0v) is 16.6. The molecule has 12 heteroatoms. The van der Waals surface area contributed by atoms with E-state index in [2.05, 4.69) is 40.9 Å². The van der Waals surface area contributed by atoms with Gasteiger partial charge in [0.15, 0.2) is 23.0 Å². The van der Waals surface area contributed by atoms with Gasteiger partial charge in [-0.05, 0) is 18.2 Å². The first-order valence-corrected chi connectivity index (χ1v) is 9.65. The fraction of sp³-hybridized carbons (Fsp3) is 0.100. The Labute approximate surface area is 180 Å². The number of carbonyl (C=O) groups is 1. The Morgan fingerprint density at radius 3 is 2.66 bits per heavy atom. The van der Waals surface area contributed by atoms with Gasteiger partial charge in [0.2, 0.25) is 5.88 Å². The third-order valence-electron chi connectivity index (χ3n) is 4.44. The van der Waals surface area contributed by atoms with E-state index in [1.807, 2.05) is 30.3 Å². The summed E-state index contributed by atoms with van der Waals surface area (Å²) in [7, 11) is 0. The monoisotopic (exact) mass is 428 g/mol. The van der Waals surface area contributed by atoms with Crippen molar-refractivity contribution >= 4 is 11.6 Å². The first kappa shape index (κ1) is 19.2. The molecule has 0 saturated carbocycles. The minimum atomic E-state index is -0.361. The molecule has 1 aromatic carbocycles. The van der Waals surface area contributed by atoms with E-state index in [-0.39, 0.29) is 24.8 Å². The van der Waals surface area contributed by atoms with Crippen molar-refractivity contribution in [1.82, 2.24) is 50.1 Å². The summed E-state index contributed by atoms with van der Waals surface area (Å²) in [5.41, 5.74) is 1.69. The van der Waals surface area contributed by atoms with Crippen molar-refractivity contribution in [3.05, 3.63) is 72.9 Å². The smallest absolute Gasteiger partial charge is 0.271 e. The van der Waals surface area contributed by atoms with Crippen LogP contribution in [-0.4, -0.2) is 63.8 Å². The number of benzene rings is 1. The van der Waals surface area contributed by atoms with Crippen molar-refractivity contribution in [2.75, 3.05) is 13.2 Å². The van der Waals surface area contributed by atoms with Crippen LogP contribution >= 0.6 is 0 Å². The lowest BCUT2D eigenvalue weighted by atomic mass is 10.2. The molecule has 0 fully saturated rings. The summed E-state index contributed by atoms with van der Waals surface area (Å²) in [5.74, 6) is 1.11. The number of carbonyl (C=O) groups excluding carboxylic acids is 1. The number of hydrogen-bond acceptors (Lipinski definition) is 9. The van der Waals surface area contributed by atoms with Crippen molar-refractivity contribution < 1.29 is 9.53 Å². The van der Waals surface area contributed by atoms with Crippen LogP contribution in [0.25, 0.3) is 22.9 Å². The molecule has 0 aliphatic carbocycles. The predicted molar refractivity (Wildman–Crippen MR) is 111 cm³/mol. The Kier molecular flexibility index (Phi) is 5.14. The van der Waals surface area contributed by atoms with Gasteiger partial charge in [0.1, 0.15) is 19.3 Å². The molecule has 0 unspecified atom stereocenters. The lowest BCUT2D eigenvalue weighted by molar-refractivity contribution is 0.0940. The highest BCUT2D eigenvalue weighted by Crippen LogP contribution is 2.18. The molecule has 0 saturated heterocycles. The van der Waals surface area contributed by atoms with Gasteiger partial charge in [-0.3, -0.25) is 4.79 Å². The van der Waals surface area contributed by atoms with E-state index in [1.165, 1.54) is 17.3 Å². The molecule has 158 valence electrons. The molecule has 0 aliphatic rings. The summed E-state index contributed by atoms with van der Waals surface area (Å²) >= 11 is 0. The number of ether oxygens (including phenoxy) is 1. The molecule has 1 amide bonds. The van der Waals surface area contributed by atoms with E-state index < -0.39 is 0 Å². The molecule has 32 heavy (non-hydrogen) atoms. The third kappa shape index (κ3) is 3.96. The zero-order valence-electron chi connectivity index (χ0n) is 16.6. The molecule has 0 radical (unpaired) electrons. The second kappa shape index (κ2) is 8.55. The molecule has 5 aromatic rings. The summed E-state index contributed by atoms with van der Waals surface area (Å²) in [6, 6.07) is 16.3. The Hall–Kier alpha value is -4.74. The van der Waals surface area contributed by atoms with E-state index >= 15 is 0 Å². The van der Waals surface area contributed by atoms with Crippen LogP contribution in [0.4, 0.5) is 0 Å². The largest absolute Gasteiger partial charge is 0.475 e. The predicted octanol–water partition coefficient (Wildman–Crippen LogP) is 0.971. The van der Waals surface area contributed by atoms with Crippen LogP contribution in [0.2, 0.25) is 0 Å². The number of amides is 1. The van der Waals surface area contributed by atoms with E-state index in [4.69, 9.17) is 4.74 Å². The Morgan fingerprint density at radius 1 is 0.969 bits per heavy atom. The van der Waals surface area contributed by atoms with Crippen molar-refractivity contribution in [3.63, 3.8) is 0 Å². The van der Waals surface area contributed by atoms with Crippen molar-refractivity contribution in [2.24, 2.45) is 0 Å². The van der Waals surface area contributed by atoms with Gasteiger partial charge in [0.05, 0.1) is 6.54 Å². The second-order valence-electron chi connectivity index (χ2n) is 6.55. The highest BCUT2D eigenvalue weighted by atomic mass is 16.5. The number of hydrogen-bond donors (Lipinski definition) is 1. The van der Waals surface area contributed by atoms with Crippen LogP contribution < -0.4 is 10.1 Å². The highest BCUT2D eigenvalue weighted by molar-refractivity contribution is 5.92.